The third-order valence-corrected chi connectivity index (χ3v) is 3.55. The number of aryl methyl sites for hydroxylation is 1. The van der Waals surface area contributed by atoms with E-state index in [0.717, 1.165) is 12.1 Å². The Hall–Kier alpha value is -1.49. The molecular formula is C13H16F2N2O. The van der Waals surface area contributed by atoms with Gasteiger partial charge in [0.25, 0.3) is 5.91 Å². The average Bonchev–Trinajstić information content (AvgIpc) is 2.64. The van der Waals surface area contributed by atoms with Crippen LogP contribution in [0.5, 0.6) is 0 Å². The van der Waals surface area contributed by atoms with Gasteiger partial charge >= 0.3 is 0 Å². The molecule has 0 saturated carbocycles. The zero-order valence-electron chi connectivity index (χ0n) is 10.4. The van der Waals surface area contributed by atoms with E-state index in [9.17, 15) is 13.6 Å². The van der Waals surface area contributed by atoms with Crippen molar-refractivity contribution in [3.63, 3.8) is 0 Å². The zero-order chi connectivity index (χ0) is 13.4. The molecule has 0 bridgehead atoms. The van der Waals surface area contributed by atoms with Gasteiger partial charge in [-0.15, -0.1) is 0 Å². The van der Waals surface area contributed by atoms with Crippen LogP contribution in [0, 0.1) is 18.6 Å². The molecule has 0 unspecified atom stereocenters. The summed E-state index contributed by atoms with van der Waals surface area (Å²) < 4.78 is 27.1. The van der Waals surface area contributed by atoms with Crippen molar-refractivity contribution in [3.8, 4) is 0 Å². The van der Waals surface area contributed by atoms with Gasteiger partial charge in [-0.3, -0.25) is 4.79 Å². The van der Waals surface area contributed by atoms with E-state index in [1.807, 2.05) is 6.92 Å². The van der Waals surface area contributed by atoms with Gasteiger partial charge in [-0.05, 0) is 38.0 Å². The summed E-state index contributed by atoms with van der Waals surface area (Å²) in [6.07, 6.45) is 0.683. The van der Waals surface area contributed by atoms with Crippen molar-refractivity contribution in [1.82, 2.24) is 4.90 Å². The fourth-order valence-corrected chi connectivity index (χ4v) is 2.22. The molecule has 2 rings (SSSR count). The standard InChI is InChI=1S/C13H16F2N2O/c1-7-5-11(15)9(6-10(7)14)13(18)17-4-3-12(16)8(17)2/h5-6,8,12H,3-4,16H2,1-2H3/t8-,12-/m0/s1. The Bertz CT molecular complexity index is 490. The molecule has 0 aromatic heterocycles. The van der Waals surface area contributed by atoms with Crippen LogP contribution >= 0.6 is 0 Å². The Labute approximate surface area is 105 Å². The smallest absolute Gasteiger partial charge is 0.257 e. The minimum atomic E-state index is -0.688. The van der Waals surface area contributed by atoms with E-state index < -0.39 is 17.5 Å². The lowest BCUT2D eigenvalue weighted by atomic mass is 10.1. The highest BCUT2D eigenvalue weighted by Gasteiger charge is 2.33. The largest absolute Gasteiger partial charge is 0.334 e. The SMILES string of the molecule is Cc1cc(F)c(C(=O)N2CC[C@H](N)[C@@H]2C)cc1F. The number of rotatable bonds is 1. The number of hydrogen-bond donors (Lipinski definition) is 1. The molecule has 0 spiro atoms. The Morgan fingerprint density at radius 1 is 1.39 bits per heavy atom. The van der Waals surface area contributed by atoms with Crippen LogP contribution in [-0.4, -0.2) is 29.4 Å². The van der Waals surface area contributed by atoms with Crippen LogP contribution in [0.4, 0.5) is 8.78 Å². The molecule has 1 aromatic carbocycles. The molecule has 98 valence electrons. The number of amides is 1. The van der Waals surface area contributed by atoms with Crippen LogP contribution in [0.25, 0.3) is 0 Å². The normalized spacial score (nSPS) is 23.5. The molecule has 1 amide bonds. The zero-order valence-corrected chi connectivity index (χ0v) is 10.4. The number of carbonyl (C=O) groups is 1. The Kier molecular flexibility index (Phi) is 3.34. The van der Waals surface area contributed by atoms with Gasteiger partial charge in [-0.1, -0.05) is 0 Å². The summed E-state index contributed by atoms with van der Waals surface area (Å²) in [5.74, 6) is -1.76. The molecular weight excluding hydrogens is 238 g/mol. The number of halogens is 2. The summed E-state index contributed by atoms with van der Waals surface area (Å²) in [7, 11) is 0. The van der Waals surface area contributed by atoms with Crippen molar-refractivity contribution < 1.29 is 13.6 Å². The second kappa shape index (κ2) is 4.65. The van der Waals surface area contributed by atoms with Crippen LogP contribution < -0.4 is 5.73 Å². The number of hydrogen-bond acceptors (Lipinski definition) is 2. The van der Waals surface area contributed by atoms with Gasteiger partial charge in [0.2, 0.25) is 0 Å². The van der Waals surface area contributed by atoms with Crippen LogP contribution in [0.15, 0.2) is 12.1 Å². The van der Waals surface area contributed by atoms with E-state index in [1.165, 1.54) is 11.8 Å². The highest BCUT2D eigenvalue weighted by Crippen LogP contribution is 2.22. The van der Waals surface area contributed by atoms with E-state index in [1.54, 1.807) is 0 Å². The molecule has 18 heavy (non-hydrogen) atoms. The monoisotopic (exact) mass is 254 g/mol. The molecule has 2 atom stereocenters. The quantitative estimate of drug-likeness (QED) is 0.831. The van der Waals surface area contributed by atoms with E-state index in [0.29, 0.717) is 13.0 Å². The van der Waals surface area contributed by atoms with Gasteiger partial charge in [0, 0.05) is 18.6 Å². The summed E-state index contributed by atoms with van der Waals surface area (Å²) in [5.41, 5.74) is 5.78. The van der Waals surface area contributed by atoms with E-state index in [-0.39, 0.29) is 23.2 Å². The number of carbonyl (C=O) groups excluding carboxylic acids is 1. The molecule has 0 radical (unpaired) electrons. The first-order valence-corrected chi connectivity index (χ1v) is 5.94. The molecule has 1 aromatic rings. The van der Waals surface area contributed by atoms with Gasteiger partial charge in [0.15, 0.2) is 0 Å². The summed E-state index contributed by atoms with van der Waals surface area (Å²) in [5, 5.41) is 0. The van der Waals surface area contributed by atoms with Crippen molar-refractivity contribution in [3.05, 3.63) is 34.9 Å². The molecule has 1 aliphatic heterocycles. The van der Waals surface area contributed by atoms with Crippen molar-refractivity contribution in [2.24, 2.45) is 5.73 Å². The van der Waals surface area contributed by atoms with Crippen molar-refractivity contribution >= 4 is 5.91 Å². The van der Waals surface area contributed by atoms with Crippen molar-refractivity contribution in [2.45, 2.75) is 32.4 Å². The number of likely N-dealkylation sites (tertiary alicyclic amines) is 1. The summed E-state index contributed by atoms with van der Waals surface area (Å²) >= 11 is 0. The fraction of sp³-hybridized carbons (Fsp3) is 0.462. The molecule has 1 saturated heterocycles. The number of benzene rings is 1. The molecule has 1 fully saturated rings. The fourth-order valence-electron chi connectivity index (χ4n) is 2.22. The third kappa shape index (κ3) is 2.10. The van der Waals surface area contributed by atoms with Gasteiger partial charge in [-0.2, -0.15) is 0 Å². The van der Waals surface area contributed by atoms with Gasteiger partial charge in [0.05, 0.1) is 5.56 Å². The lowest BCUT2D eigenvalue weighted by Gasteiger charge is -2.23. The summed E-state index contributed by atoms with van der Waals surface area (Å²) in [6.45, 7) is 3.76. The molecule has 1 aliphatic rings. The molecule has 5 heteroatoms. The van der Waals surface area contributed by atoms with Crippen LogP contribution in [0.2, 0.25) is 0 Å². The van der Waals surface area contributed by atoms with Crippen molar-refractivity contribution in [2.75, 3.05) is 6.54 Å². The summed E-state index contributed by atoms with van der Waals surface area (Å²) in [4.78, 5) is 13.6. The average molecular weight is 254 g/mol. The molecule has 0 aliphatic carbocycles. The predicted octanol–water partition coefficient (Wildman–Crippen LogP) is 1.83. The maximum absolute atomic E-state index is 13.7. The van der Waals surface area contributed by atoms with Crippen LogP contribution in [-0.2, 0) is 0 Å². The highest BCUT2D eigenvalue weighted by molar-refractivity contribution is 5.95. The van der Waals surface area contributed by atoms with E-state index >= 15 is 0 Å². The van der Waals surface area contributed by atoms with Crippen LogP contribution in [0.3, 0.4) is 0 Å². The molecule has 2 N–H and O–H groups in total. The van der Waals surface area contributed by atoms with Crippen LogP contribution in [0.1, 0.15) is 29.3 Å². The lowest BCUT2D eigenvalue weighted by Crippen LogP contribution is -2.40. The first-order chi connectivity index (χ1) is 8.41. The third-order valence-electron chi connectivity index (χ3n) is 3.55. The topological polar surface area (TPSA) is 46.3 Å². The van der Waals surface area contributed by atoms with Gasteiger partial charge in [-0.25, -0.2) is 8.78 Å². The maximum Gasteiger partial charge on any atom is 0.257 e. The Morgan fingerprint density at radius 3 is 2.61 bits per heavy atom. The first-order valence-electron chi connectivity index (χ1n) is 5.94. The van der Waals surface area contributed by atoms with E-state index in [2.05, 4.69) is 0 Å². The van der Waals surface area contributed by atoms with Crippen molar-refractivity contribution in [1.29, 1.82) is 0 Å². The Morgan fingerprint density at radius 2 is 2.06 bits per heavy atom. The summed E-state index contributed by atoms with van der Waals surface area (Å²) in [6, 6.07) is 1.75. The maximum atomic E-state index is 13.7. The Balaban J connectivity index is 2.32. The number of nitrogens with zero attached hydrogens (tertiary/aromatic N) is 1. The van der Waals surface area contributed by atoms with Gasteiger partial charge in [0.1, 0.15) is 11.6 Å². The lowest BCUT2D eigenvalue weighted by molar-refractivity contribution is 0.0737. The molecule has 3 nitrogen and oxygen atoms in total. The second-order valence-electron chi connectivity index (χ2n) is 4.77. The minimum Gasteiger partial charge on any atom is -0.334 e. The van der Waals surface area contributed by atoms with E-state index in [4.69, 9.17) is 5.73 Å². The number of nitrogens with two attached hydrogens (primary N) is 1. The second-order valence-corrected chi connectivity index (χ2v) is 4.77. The predicted molar refractivity (Wildman–Crippen MR) is 64.2 cm³/mol. The first kappa shape index (κ1) is 13.0. The van der Waals surface area contributed by atoms with Gasteiger partial charge < -0.3 is 10.6 Å². The minimum absolute atomic E-state index is 0.104. The highest BCUT2D eigenvalue weighted by atomic mass is 19.1. The molecule has 1 heterocycles.